The van der Waals surface area contributed by atoms with Crippen molar-refractivity contribution in [1.29, 1.82) is 0 Å². The van der Waals surface area contributed by atoms with Crippen LogP contribution in [0.25, 0.3) is 11.0 Å². The Hall–Kier alpha value is -3.25. The van der Waals surface area contributed by atoms with Crippen LogP contribution in [0.2, 0.25) is 0 Å². The lowest BCUT2D eigenvalue weighted by Crippen LogP contribution is -2.20. The van der Waals surface area contributed by atoms with Gasteiger partial charge in [0.1, 0.15) is 5.82 Å². The van der Waals surface area contributed by atoms with Crippen molar-refractivity contribution in [3.63, 3.8) is 0 Å². The van der Waals surface area contributed by atoms with Gasteiger partial charge in [0.05, 0.1) is 17.0 Å². The Labute approximate surface area is 204 Å². The van der Waals surface area contributed by atoms with Crippen molar-refractivity contribution in [2.75, 3.05) is 0 Å². The maximum absolute atomic E-state index is 13.1. The van der Waals surface area contributed by atoms with E-state index < -0.39 is 11.9 Å². The molecular formula is C28H30N2O3S. The molecule has 0 aliphatic carbocycles. The van der Waals surface area contributed by atoms with Crippen LogP contribution in [0.5, 0.6) is 0 Å². The number of nitrogens with zero attached hydrogens (tertiary/aromatic N) is 2. The number of ketones is 1. The summed E-state index contributed by atoms with van der Waals surface area (Å²) in [6, 6.07) is 19.6. The number of carbonyl (C=O) groups is 2. The molecular weight excluding hydrogens is 444 g/mol. The van der Waals surface area contributed by atoms with E-state index in [0.717, 1.165) is 41.7 Å². The summed E-state index contributed by atoms with van der Waals surface area (Å²) in [6.45, 7) is 4.37. The number of benzene rings is 2. The van der Waals surface area contributed by atoms with Gasteiger partial charge < -0.3 is 9.67 Å². The van der Waals surface area contributed by atoms with E-state index in [0.29, 0.717) is 18.0 Å². The van der Waals surface area contributed by atoms with Gasteiger partial charge in [-0.2, -0.15) is 0 Å². The summed E-state index contributed by atoms with van der Waals surface area (Å²) in [5, 5.41) is 11.8. The van der Waals surface area contributed by atoms with Crippen molar-refractivity contribution >= 4 is 34.1 Å². The van der Waals surface area contributed by atoms with E-state index in [9.17, 15) is 14.7 Å². The molecule has 0 radical (unpaired) electrons. The first-order valence-electron chi connectivity index (χ1n) is 11.8. The van der Waals surface area contributed by atoms with Gasteiger partial charge >= 0.3 is 5.97 Å². The van der Waals surface area contributed by atoms with Crippen LogP contribution < -0.4 is 0 Å². The number of hydrogen-bond donors (Lipinski definition) is 1. The lowest BCUT2D eigenvalue weighted by Gasteiger charge is -2.19. The Morgan fingerprint density at radius 3 is 2.44 bits per heavy atom. The standard InChI is InChI=1S/C28H30N2O3S/c1-3-22(4-2)30-25-13-12-20(16-24(25)29-27(30)18-23-11-8-14-34-23)26(31)17-21(28(32)33)15-19-9-6-5-7-10-19/h5-14,16,21-22H,3-4,15,17-18H2,1-2H3,(H,32,33)/t21-/m1/s1. The zero-order chi connectivity index (χ0) is 24.1. The number of Topliss-reactive ketones (excluding diaryl/α,β-unsaturated/α-hetero) is 1. The number of carboxylic acid groups (broad SMARTS) is 1. The third kappa shape index (κ3) is 5.28. The van der Waals surface area contributed by atoms with E-state index in [1.54, 1.807) is 11.3 Å². The van der Waals surface area contributed by atoms with Gasteiger partial charge in [0.2, 0.25) is 0 Å². The predicted molar refractivity (Wildman–Crippen MR) is 137 cm³/mol. The number of rotatable bonds is 11. The second-order valence-corrected chi connectivity index (χ2v) is 9.71. The zero-order valence-corrected chi connectivity index (χ0v) is 20.4. The van der Waals surface area contributed by atoms with Crippen molar-refractivity contribution in [3.05, 3.63) is 87.9 Å². The van der Waals surface area contributed by atoms with Crippen LogP contribution in [0.4, 0.5) is 0 Å². The minimum atomic E-state index is -0.950. The highest BCUT2D eigenvalue weighted by atomic mass is 32.1. The minimum absolute atomic E-state index is 0.0367. The normalized spacial score (nSPS) is 12.3. The van der Waals surface area contributed by atoms with Crippen LogP contribution in [0.3, 0.4) is 0 Å². The second kappa shape index (κ2) is 10.8. The van der Waals surface area contributed by atoms with Gasteiger partial charge in [-0.3, -0.25) is 9.59 Å². The molecule has 0 bridgehead atoms. The van der Waals surface area contributed by atoms with Crippen LogP contribution in [0, 0.1) is 5.92 Å². The molecule has 1 N–H and O–H groups in total. The molecule has 0 aliphatic rings. The van der Waals surface area contributed by atoms with E-state index in [1.807, 2.05) is 48.5 Å². The smallest absolute Gasteiger partial charge is 0.307 e. The third-order valence-corrected chi connectivity index (χ3v) is 7.29. The van der Waals surface area contributed by atoms with Gasteiger partial charge in [-0.25, -0.2) is 4.98 Å². The molecule has 34 heavy (non-hydrogen) atoms. The Bertz CT molecular complexity index is 1260. The van der Waals surface area contributed by atoms with Crippen molar-refractivity contribution in [2.24, 2.45) is 5.92 Å². The fourth-order valence-corrected chi connectivity index (χ4v) is 5.27. The van der Waals surface area contributed by atoms with Crippen LogP contribution in [-0.4, -0.2) is 26.4 Å². The van der Waals surface area contributed by atoms with E-state index >= 15 is 0 Å². The molecule has 0 fully saturated rings. The van der Waals surface area contributed by atoms with Gasteiger partial charge in [-0.15, -0.1) is 11.3 Å². The molecule has 4 rings (SSSR count). The highest BCUT2D eigenvalue weighted by Crippen LogP contribution is 2.29. The monoisotopic (exact) mass is 474 g/mol. The van der Waals surface area contributed by atoms with Gasteiger partial charge in [0.25, 0.3) is 0 Å². The summed E-state index contributed by atoms with van der Waals surface area (Å²) in [5.74, 6) is -0.873. The van der Waals surface area contributed by atoms with Crippen LogP contribution in [-0.2, 0) is 17.6 Å². The van der Waals surface area contributed by atoms with Gasteiger partial charge in [-0.05, 0) is 54.5 Å². The fourth-order valence-electron chi connectivity index (χ4n) is 4.56. The number of thiophene rings is 1. The number of hydrogen-bond acceptors (Lipinski definition) is 4. The molecule has 4 aromatic rings. The van der Waals surface area contributed by atoms with E-state index in [-0.39, 0.29) is 12.2 Å². The largest absolute Gasteiger partial charge is 0.481 e. The van der Waals surface area contributed by atoms with Crippen LogP contribution in [0.1, 0.15) is 65.8 Å². The maximum atomic E-state index is 13.1. The molecule has 0 unspecified atom stereocenters. The molecule has 0 saturated heterocycles. The molecule has 2 aromatic heterocycles. The van der Waals surface area contributed by atoms with Gasteiger partial charge in [-0.1, -0.05) is 50.2 Å². The summed E-state index contributed by atoms with van der Waals surface area (Å²) in [7, 11) is 0. The Kier molecular flexibility index (Phi) is 7.58. The lowest BCUT2D eigenvalue weighted by atomic mass is 9.92. The zero-order valence-electron chi connectivity index (χ0n) is 19.6. The van der Waals surface area contributed by atoms with Gasteiger partial charge in [0.15, 0.2) is 5.78 Å². The first-order chi connectivity index (χ1) is 16.5. The molecule has 5 nitrogen and oxygen atoms in total. The Morgan fingerprint density at radius 1 is 1.03 bits per heavy atom. The Morgan fingerprint density at radius 2 is 1.79 bits per heavy atom. The molecule has 0 saturated carbocycles. The molecule has 176 valence electrons. The van der Waals surface area contributed by atoms with Crippen molar-refractivity contribution in [1.82, 2.24) is 9.55 Å². The van der Waals surface area contributed by atoms with Gasteiger partial charge in [0, 0.05) is 29.3 Å². The first kappa shape index (κ1) is 23.9. The molecule has 2 aromatic carbocycles. The molecule has 6 heteroatoms. The molecule has 0 aliphatic heterocycles. The van der Waals surface area contributed by atoms with Crippen LogP contribution in [0.15, 0.2) is 66.0 Å². The Balaban J connectivity index is 1.63. The minimum Gasteiger partial charge on any atom is -0.481 e. The molecule has 0 amide bonds. The van der Waals surface area contributed by atoms with Crippen LogP contribution >= 0.6 is 11.3 Å². The number of aliphatic carboxylic acids is 1. The number of aromatic nitrogens is 2. The molecule has 2 heterocycles. The SMILES string of the molecule is CCC(CC)n1c(Cc2cccs2)nc2cc(C(=O)C[C@@H](Cc3ccccc3)C(=O)O)ccc21. The first-order valence-corrected chi connectivity index (χ1v) is 12.7. The summed E-state index contributed by atoms with van der Waals surface area (Å²) in [6.07, 6.45) is 3.05. The summed E-state index contributed by atoms with van der Waals surface area (Å²) in [5.41, 5.74) is 3.25. The summed E-state index contributed by atoms with van der Waals surface area (Å²) >= 11 is 1.72. The molecule has 1 atom stereocenters. The summed E-state index contributed by atoms with van der Waals surface area (Å²) < 4.78 is 2.32. The molecule has 0 spiro atoms. The fraction of sp³-hybridized carbons (Fsp3) is 0.321. The summed E-state index contributed by atoms with van der Waals surface area (Å²) in [4.78, 5) is 31.1. The average Bonchev–Trinajstić information content (AvgIpc) is 3.48. The van der Waals surface area contributed by atoms with E-state index in [4.69, 9.17) is 4.98 Å². The van der Waals surface area contributed by atoms with E-state index in [2.05, 4.69) is 35.9 Å². The van der Waals surface area contributed by atoms with Crippen molar-refractivity contribution < 1.29 is 14.7 Å². The highest BCUT2D eigenvalue weighted by molar-refractivity contribution is 7.09. The predicted octanol–water partition coefficient (Wildman–Crippen LogP) is 6.57. The number of imidazole rings is 1. The third-order valence-electron chi connectivity index (χ3n) is 6.41. The van der Waals surface area contributed by atoms with Crippen molar-refractivity contribution in [2.45, 2.75) is 52.0 Å². The maximum Gasteiger partial charge on any atom is 0.307 e. The average molecular weight is 475 g/mol. The number of carboxylic acids is 1. The second-order valence-electron chi connectivity index (χ2n) is 8.68. The quantitative estimate of drug-likeness (QED) is 0.250. The number of carbonyl (C=O) groups excluding carboxylic acids is 1. The number of fused-ring (bicyclic) bond motifs is 1. The lowest BCUT2D eigenvalue weighted by molar-refractivity contribution is -0.141. The highest BCUT2D eigenvalue weighted by Gasteiger charge is 2.24. The van der Waals surface area contributed by atoms with E-state index in [1.165, 1.54) is 4.88 Å². The van der Waals surface area contributed by atoms with Crippen molar-refractivity contribution in [3.8, 4) is 0 Å². The topological polar surface area (TPSA) is 72.2 Å².